The molecule has 4 nitrogen and oxygen atoms in total. The van der Waals surface area contributed by atoms with Gasteiger partial charge in [0.2, 0.25) is 0 Å². The van der Waals surface area contributed by atoms with Crippen LogP contribution in [0, 0.1) is 12.7 Å². The summed E-state index contributed by atoms with van der Waals surface area (Å²) < 4.78 is 36.4. The third kappa shape index (κ3) is 3.51. The molecule has 0 atom stereocenters. The number of thiazole rings is 1. The summed E-state index contributed by atoms with van der Waals surface area (Å²) in [7, 11) is -3.34. The molecule has 7 heteroatoms. The molecule has 1 heterocycles. The van der Waals surface area contributed by atoms with Crippen LogP contribution in [0.25, 0.3) is 0 Å². The van der Waals surface area contributed by atoms with Crippen molar-refractivity contribution >= 4 is 26.9 Å². The minimum atomic E-state index is -3.34. The number of rotatable bonds is 4. The number of hydrogen-bond donors (Lipinski definition) is 1. The van der Waals surface area contributed by atoms with Crippen LogP contribution in [-0.4, -0.2) is 19.7 Å². The number of nitrogens with one attached hydrogen (secondary N) is 1. The average Bonchev–Trinajstić information content (AvgIpc) is 2.72. The molecule has 0 saturated heterocycles. The Hall–Kier alpha value is -1.47. The number of aryl methyl sites for hydroxylation is 1. The van der Waals surface area contributed by atoms with E-state index in [1.807, 2.05) is 12.3 Å². The fourth-order valence-electron chi connectivity index (χ4n) is 1.53. The average molecular weight is 300 g/mol. The second-order valence-electron chi connectivity index (χ2n) is 4.15. The molecule has 2 aromatic rings. The highest BCUT2D eigenvalue weighted by Crippen LogP contribution is 2.20. The zero-order valence-corrected chi connectivity index (χ0v) is 12.1. The largest absolute Gasteiger partial charge is 0.376 e. The second-order valence-corrected chi connectivity index (χ2v) is 7.11. The predicted octanol–water partition coefficient (Wildman–Crippen LogP) is 2.61. The third-order valence-electron chi connectivity index (χ3n) is 2.46. The van der Waals surface area contributed by atoms with Gasteiger partial charge in [0, 0.05) is 17.3 Å². The monoisotopic (exact) mass is 300 g/mol. The Balaban J connectivity index is 2.20. The van der Waals surface area contributed by atoms with Gasteiger partial charge in [-0.05, 0) is 25.1 Å². The number of halogens is 1. The molecule has 0 bridgehead atoms. The van der Waals surface area contributed by atoms with Crippen molar-refractivity contribution in [2.45, 2.75) is 18.4 Å². The zero-order valence-electron chi connectivity index (χ0n) is 10.5. The van der Waals surface area contributed by atoms with Gasteiger partial charge in [0.25, 0.3) is 0 Å². The lowest BCUT2D eigenvalue weighted by Gasteiger charge is -2.07. The molecule has 0 saturated carbocycles. The predicted molar refractivity (Wildman–Crippen MR) is 73.7 cm³/mol. The van der Waals surface area contributed by atoms with Gasteiger partial charge in [0.15, 0.2) is 9.84 Å². The molecule has 0 aliphatic rings. The van der Waals surface area contributed by atoms with Crippen molar-refractivity contribution in [1.82, 2.24) is 4.98 Å². The molecule has 1 aromatic carbocycles. The first kappa shape index (κ1) is 14.0. The number of hydrogen-bond acceptors (Lipinski definition) is 5. The lowest BCUT2D eigenvalue weighted by atomic mass is 10.3. The molecule has 0 unspecified atom stereocenters. The van der Waals surface area contributed by atoms with Crippen LogP contribution in [0.4, 0.5) is 10.1 Å². The summed E-state index contributed by atoms with van der Waals surface area (Å²) in [6.07, 6.45) is 1.09. The smallest absolute Gasteiger partial charge is 0.175 e. The zero-order chi connectivity index (χ0) is 14.0. The number of nitrogens with zero attached hydrogens (tertiary/aromatic N) is 1. The number of anilines is 1. The van der Waals surface area contributed by atoms with E-state index in [0.717, 1.165) is 23.0 Å². The number of sulfone groups is 1. The Bertz CT molecular complexity index is 696. The summed E-state index contributed by atoms with van der Waals surface area (Å²) in [6, 6.07) is 3.69. The summed E-state index contributed by atoms with van der Waals surface area (Å²) in [5.41, 5.74) is 1.07. The topological polar surface area (TPSA) is 59.1 Å². The quantitative estimate of drug-likeness (QED) is 0.882. The Morgan fingerprint density at radius 3 is 2.74 bits per heavy atom. The van der Waals surface area contributed by atoms with Crippen molar-refractivity contribution in [1.29, 1.82) is 0 Å². The lowest BCUT2D eigenvalue weighted by Crippen LogP contribution is -2.04. The van der Waals surface area contributed by atoms with Gasteiger partial charge in [-0.15, -0.1) is 11.3 Å². The molecule has 0 spiro atoms. The van der Waals surface area contributed by atoms with Crippen LogP contribution in [-0.2, 0) is 16.4 Å². The number of benzene rings is 1. The van der Waals surface area contributed by atoms with Crippen molar-refractivity contribution in [3.63, 3.8) is 0 Å². The van der Waals surface area contributed by atoms with Gasteiger partial charge in [-0.2, -0.15) is 0 Å². The highest BCUT2D eigenvalue weighted by Gasteiger charge is 2.11. The minimum absolute atomic E-state index is 0.0896. The van der Waals surface area contributed by atoms with E-state index in [2.05, 4.69) is 10.3 Å². The van der Waals surface area contributed by atoms with E-state index in [0.29, 0.717) is 6.54 Å². The maximum atomic E-state index is 13.6. The molecular weight excluding hydrogens is 287 g/mol. The molecular formula is C12H13FN2O2S2. The van der Waals surface area contributed by atoms with Gasteiger partial charge in [0.05, 0.1) is 17.1 Å². The van der Waals surface area contributed by atoms with Crippen molar-refractivity contribution in [3.05, 3.63) is 40.1 Å². The van der Waals surface area contributed by atoms with Crippen LogP contribution in [0.2, 0.25) is 0 Å². The van der Waals surface area contributed by atoms with Crippen LogP contribution in [0.1, 0.15) is 10.7 Å². The normalized spacial score (nSPS) is 11.5. The lowest BCUT2D eigenvalue weighted by molar-refractivity contribution is 0.600. The SMILES string of the molecule is Cc1csc(CNc2cc(S(C)(=O)=O)ccc2F)n1. The Labute approximate surface area is 115 Å². The molecule has 0 fully saturated rings. The Morgan fingerprint density at radius 1 is 1.42 bits per heavy atom. The molecule has 0 aliphatic heterocycles. The van der Waals surface area contributed by atoms with Gasteiger partial charge < -0.3 is 5.32 Å². The summed E-state index contributed by atoms with van der Waals surface area (Å²) in [5.74, 6) is -0.485. The Morgan fingerprint density at radius 2 is 2.16 bits per heavy atom. The summed E-state index contributed by atoms with van der Waals surface area (Å²) >= 11 is 1.47. The van der Waals surface area contributed by atoms with Gasteiger partial charge in [-0.25, -0.2) is 17.8 Å². The minimum Gasteiger partial charge on any atom is -0.376 e. The van der Waals surface area contributed by atoms with Crippen LogP contribution in [0.5, 0.6) is 0 Å². The van der Waals surface area contributed by atoms with Gasteiger partial charge in [0.1, 0.15) is 10.8 Å². The van der Waals surface area contributed by atoms with E-state index < -0.39 is 15.7 Å². The van der Waals surface area contributed by atoms with Crippen molar-refractivity contribution < 1.29 is 12.8 Å². The molecule has 0 aliphatic carbocycles. The molecule has 102 valence electrons. The first-order valence-electron chi connectivity index (χ1n) is 5.51. The molecule has 0 amide bonds. The van der Waals surface area contributed by atoms with Crippen LogP contribution in [0.3, 0.4) is 0 Å². The van der Waals surface area contributed by atoms with Crippen molar-refractivity contribution in [2.75, 3.05) is 11.6 Å². The van der Waals surface area contributed by atoms with Crippen molar-refractivity contribution in [2.24, 2.45) is 0 Å². The van der Waals surface area contributed by atoms with Crippen LogP contribution < -0.4 is 5.32 Å². The van der Waals surface area contributed by atoms with Gasteiger partial charge in [-0.3, -0.25) is 0 Å². The molecule has 19 heavy (non-hydrogen) atoms. The highest BCUT2D eigenvalue weighted by molar-refractivity contribution is 7.90. The van der Waals surface area contributed by atoms with Gasteiger partial charge >= 0.3 is 0 Å². The second kappa shape index (κ2) is 5.26. The van der Waals surface area contributed by atoms with E-state index >= 15 is 0 Å². The van der Waals surface area contributed by atoms with Crippen LogP contribution >= 0.6 is 11.3 Å². The van der Waals surface area contributed by atoms with E-state index in [-0.39, 0.29) is 10.6 Å². The van der Waals surface area contributed by atoms with E-state index in [1.54, 1.807) is 0 Å². The summed E-state index contributed by atoms with van der Waals surface area (Å²) in [4.78, 5) is 4.33. The van der Waals surface area contributed by atoms with Gasteiger partial charge in [-0.1, -0.05) is 0 Å². The summed E-state index contributed by atoms with van der Waals surface area (Å²) in [5, 5.41) is 5.59. The van der Waals surface area contributed by atoms with E-state index in [1.165, 1.54) is 23.5 Å². The third-order valence-corrected chi connectivity index (χ3v) is 4.54. The fourth-order valence-corrected chi connectivity index (χ4v) is 2.88. The standard InChI is InChI=1S/C12H13FN2O2S2/c1-8-7-18-12(15-8)6-14-11-5-9(19(2,16)17)3-4-10(11)13/h3-5,7,14H,6H2,1-2H3. The maximum absolute atomic E-state index is 13.6. The Kier molecular flexibility index (Phi) is 3.86. The molecule has 2 rings (SSSR count). The van der Waals surface area contributed by atoms with Crippen LogP contribution in [0.15, 0.2) is 28.5 Å². The molecule has 1 N–H and O–H groups in total. The maximum Gasteiger partial charge on any atom is 0.175 e. The molecule has 0 radical (unpaired) electrons. The van der Waals surface area contributed by atoms with E-state index in [9.17, 15) is 12.8 Å². The molecule has 1 aromatic heterocycles. The highest BCUT2D eigenvalue weighted by atomic mass is 32.2. The summed E-state index contributed by atoms with van der Waals surface area (Å²) in [6.45, 7) is 2.24. The first-order valence-corrected chi connectivity index (χ1v) is 8.28. The van der Waals surface area contributed by atoms with Crippen molar-refractivity contribution in [3.8, 4) is 0 Å². The first-order chi connectivity index (χ1) is 8.86. The van der Waals surface area contributed by atoms with E-state index in [4.69, 9.17) is 0 Å². The fraction of sp³-hybridized carbons (Fsp3) is 0.250. The number of aromatic nitrogens is 1.